The molecule has 0 aliphatic heterocycles. The molecule has 0 radical (unpaired) electrons. The van der Waals surface area contributed by atoms with E-state index >= 15 is 0 Å². The first-order valence-corrected chi connectivity index (χ1v) is 6.38. The van der Waals surface area contributed by atoms with E-state index in [1.807, 2.05) is 13.1 Å². The summed E-state index contributed by atoms with van der Waals surface area (Å²) < 4.78 is 0. The number of nitrogens with zero attached hydrogens (tertiary/aromatic N) is 1. The molecule has 0 atom stereocenters. The Balaban J connectivity index is 2.41. The SMILES string of the molecule is CC/C(C)=C1/C=CC(c2ccccc2)=CC1=NC. The summed E-state index contributed by atoms with van der Waals surface area (Å²) in [6.45, 7) is 4.35. The third-order valence-electron chi connectivity index (χ3n) is 3.34. The van der Waals surface area contributed by atoms with Crippen molar-refractivity contribution in [1.82, 2.24) is 0 Å². The monoisotopic (exact) mass is 237 g/mol. The summed E-state index contributed by atoms with van der Waals surface area (Å²) in [5.74, 6) is 0. The molecule has 0 spiro atoms. The summed E-state index contributed by atoms with van der Waals surface area (Å²) in [6.07, 6.45) is 7.60. The highest BCUT2D eigenvalue weighted by Crippen LogP contribution is 2.24. The van der Waals surface area contributed by atoms with Crippen LogP contribution < -0.4 is 0 Å². The van der Waals surface area contributed by atoms with Gasteiger partial charge in [-0.1, -0.05) is 55.0 Å². The van der Waals surface area contributed by atoms with Gasteiger partial charge in [0.15, 0.2) is 0 Å². The maximum absolute atomic E-state index is 4.40. The van der Waals surface area contributed by atoms with E-state index in [4.69, 9.17) is 0 Å². The Kier molecular flexibility index (Phi) is 3.93. The van der Waals surface area contributed by atoms with Crippen LogP contribution in [-0.2, 0) is 0 Å². The van der Waals surface area contributed by atoms with E-state index < -0.39 is 0 Å². The van der Waals surface area contributed by atoms with Crippen LogP contribution in [-0.4, -0.2) is 12.8 Å². The Labute approximate surface area is 109 Å². The van der Waals surface area contributed by atoms with Crippen LogP contribution in [0.15, 0.2) is 64.7 Å². The number of rotatable bonds is 2. The van der Waals surface area contributed by atoms with Crippen LogP contribution >= 0.6 is 0 Å². The lowest BCUT2D eigenvalue weighted by molar-refractivity contribution is 1.09. The van der Waals surface area contributed by atoms with Crippen molar-refractivity contribution in [2.75, 3.05) is 7.05 Å². The van der Waals surface area contributed by atoms with Gasteiger partial charge in [-0.2, -0.15) is 0 Å². The van der Waals surface area contributed by atoms with Gasteiger partial charge in [-0.3, -0.25) is 4.99 Å². The molecule has 18 heavy (non-hydrogen) atoms. The van der Waals surface area contributed by atoms with Gasteiger partial charge in [0.05, 0.1) is 5.71 Å². The van der Waals surface area contributed by atoms with Crippen molar-refractivity contribution < 1.29 is 0 Å². The van der Waals surface area contributed by atoms with Crippen LogP contribution in [0.2, 0.25) is 0 Å². The smallest absolute Gasteiger partial charge is 0.0648 e. The second-order valence-corrected chi connectivity index (χ2v) is 4.46. The fourth-order valence-corrected chi connectivity index (χ4v) is 2.08. The molecule has 2 rings (SSSR count). The van der Waals surface area contributed by atoms with Crippen molar-refractivity contribution in [3.05, 3.63) is 65.3 Å². The van der Waals surface area contributed by atoms with Crippen LogP contribution in [0.4, 0.5) is 0 Å². The van der Waals surface area contributed by atoms with E-state index in [0.717, 1.165) is 12.1 Å². The van der Waals surface area contributed by atoms with Crippen molar-refractivity contribution in [2.24, 2.45) is 4.99 Å². The van der Waals surface area contributed by atoms with Gasteiger partial charge in [0.1, 0.15) is 0 Å². The summed E-state index contributed by atoms with van der Waals surface area (Å²) >= 11 is 0. The van der Waals surface area contributed by atoms with Crippen molar-refractivity contribution in [3.63, 3.8) is 0 Å². The predicted molar refractivity (Wildman–Crippen MR) is 79.9 cm³/mol. The maximum Gasteiger partial charge on any atom is 0.0648 e. The Morgan fingerprint density at radius 3 is 2.44 bits per heavy atom. The highest BCUT2D eigenvalue weighted by atomic mass is 14.7. The molecule has 1 heteroatoms. The standard InChI is InChI=1S/C17H19N/c1-4-13(2)16-11-10-15(12-17(16)18-3)14-8-6-5-7-9-14/h5-12H,4H2,1-3H3/b16-13-,18-17?. The fraction of sp³-hybridized carbons (Fsp3) is 0.235. The van der Waals surface area contributed by atoms with Crippen molar-refractivity contribution in [1.29, 1.82) is 0 Å². The Bertz CT molecular complexity index is 542. The lowest BCUT2D eigenvalue weighted by Crippen LogP contribution is -2.05. The van der Waals surface area contributed by atoms with E-state index in [0.29, 0.717) is 0 Å². The summed E-state index contributed by atoms with van der Waals surface area (Å²) in [5, 5.41) is 0. The quantitative estimate of drug-likeness (QED) is 0.721. The van der Waals surface area contributed by atoms with Crippen molar-refractivity contribution in [3.8, 4) is 0 Å². The number of hydrogen-bond donors (Lipinski definition) is 0. The minimum absolute atomic E-state index is 1.06. The summed E-state index contributed by atoms with van der Waals surface area (Å²) in [5.41, 5.74) is 6.19. The van der Waals surface area contributed by atoms with Crippen LogP contribution in [0.25, 0.3) is 5.57 Å². The molecule has 0 saturated heterocycles. The zero-order chi connectivity index (χ0) is 13.0. The number of aliphatic imine (C=N–C) groups is 1. The molecule has 0 aromatic heterocycles. The summed E-state index contributed by atoms with van der Waals surface area (Å²) in [4.78, 5) is 4.40. The lowest BCUT2D eigenvalue weighted by atomic mass is 9.92. The largest absolute Gasteiger partial charge is 0.288 e. The van der Waals surface area contributed by atoms with Gasteiger partial charge >= 0.3 is 0 Å². The Morgan fingerprint density at radius 1 is 1.11 bits per heavy atom. The highest BCUT2D eigenvalue weighted by molar-refractivity contribution is 6.17. The molecule has 1 nitrogen and oxygen atoms in total. The fourth-order valence-electron chi connectivity index (χ4n) is 2.08. The molecular weight excluding hydrogens is 218 g/mol. The maximum atomic E-state index is 4.40. The zero-order valence-corrected chi connectivity index (χ0v) is 11.3. The molecule has 1 aromatic carbocycles. The molecule has 0 N–H and O–H groups in total. The molecule has 1 aliphatic carbocycles. The second-order valence-electron chi connectivity index (χ2n) is 4.46. The average molecular weight is 237 g/mol. The summed E-state index contributed by atoms with van der Waals surface area (Å²) in [6, 6.07) is 10.4. The lowest BCUT2D eigenvalue weighted by Gasteiger charge is -2.14. The molecular formula is C17H19N. The third-order valence-corrected chi connectivity index (χ3v) is 3.34. The van der Waals surface area contributed by atoms with E-state index in [-0.39, 0.29) is 0 Å². The van der Waals surface area contributed by atoms with Crippen LogP contribution in [0.5, 0.6) is 0 Å². The topological polar surface area (TPSA) is 12.4 Å². The van der Waals surface area contributed by atoms with E-state index in [9.17, 15) is 0 Å². The van der Waals surface area contributed by atoms with Crippen LogP contribution in [0, 0.1) is 0 Å². The summed E-state index contributed by atoms with van der Waals surface area (Å²) in [7, 11) is 1.86. The second kappa shape index (κ2) is 5.63. The zero-order valence-electron chi connectivity index (χ0n) is 11.3. The Morgan fingerprint density at radius 2 is 1.83 bits per heavy atom. The molecule has 0 bridgehead atoms. The molecule has 1 aliphatic rings. The first-order chi connectivity index (χ1) is 8.76. The van der Waals surface area contributed by atoms with Crippen LogP contribution in [0.1, 0.15) is 25.8 Å². The average Bonchev–Trinajstić information content (AvgIpc) is 2.46. The van der Waals surface area contributed by atoms with Gasteiger partial charge < -0.3 is 0 Å². The van der Waals surface area contributed by atoms with Gasteiger partial charge in [0, 0.05) is 7.05 Å². The molecule has 1 aromatic rings. The van der Waals surface area contributed by atoms with E-state index in [1.54, 1.807) is 0 Å². The molecule has 0 fully saturated rings. The molecule has 0 amide bonds. The highest BCUT2D eigenvalue weighted by Gasteiger charge is 2.11. The Hall–Kier alpha value is -1.89. The van der Waals surface area contributed by atoms with Gasteiger partial charge in [-0.05, 0) is 36.1 Å². The third kappa shape index (κ3) is 2.51. The number of allylic oxidation sites excluding steroid dienone is 6. The minimum atomic E-state index is 1.06. The van der Waals surface area contributed by atoms with E-state index in [2.05, 4.69) is 61.3 Å². The predicted octanol–water partition coefficient (Wildman–Crippen LogP) is 4.44. The molecule has 0 unspecified atom stereocenters. The normalized spacial score (nSPS) is 19.9. The van der Waals surface area contributed by atoms with Gasteiger partial charge in [0.25, 0.3) is 0 Å². The van der Waals surface area contributed by atoms with Gasteiger partial charge in [-0.25, -0.2) is 0 Å². The first-order valence-electron chi connectivity index (χ1n) is 6.38. The van der Waals surface area contributed by atoms with Crippen molar-refractivity contribution in [2.45, 2.75) is 20.3 Å². The van der Waals surface area contributed by atoms with Crippen molar-refractivity contribution >= 4 is 11.3 Å². The van der Waals surface area contributed by atoms with Gasteiger partial charge in [0.2, 0.25) is 0 Å². The minimum Gasteiger partial charge on any atom is -0.288 e. The number of hydrogen-bond acceptors (Lipinski definition) is 1. The van der Waals surface area contributed by atoms with E-state index in [1.165, 1.54) is 22.3 Å². The molecule has 92 valence electrons. The molecule has 0 saturated carbocycles. The number of benzene rings is 1. The van der Waals surface area contributed by atoms with Gasteiger partial charge in [-0.15, -0.1) is 0 Å². The molecule has 0 heterocycles. The first kappa shape index (κ1) is 12.6. The van der Waals surface area contributed by atoms with Crippen LogP contribution in [0.3, 0.4) is 0 Å².